The summed E-state index contributed by atoms with van der Waals surface area (Å²) < 4.78 is 0. The van der Waals surface area contributed by atoms with Crippen molar-refractivity contribution < 1.29 is 19.5 Å². The van der Waals surface area contributed by atoms with E-state index in [-0.39, 0.29) is 36.1 Å². The van der Waals surface area contributed by atoms with Gasteiger partial charge in [-0.05, 0) is 32.1 Å². The number of carboxylic acid groups (broad SMARTS) is 1. The summed E-state index contributed by atoms with van der Waals surface area (Å²) in [5.74, 6) is -0.857. The summed E-state index contributed by atoms with van der Waals surface area (Å²) in [7, 11) is 0. The molecule has 6 heteroatoms. The summed E-state index contributed by atoms with van der Waals surface area (Å²) >= 11 is 0. The molecule has 1 heterocycles. The van der Waals surface area contributed by atoms with E-state index in [9.17, 15) is 14.4 Å². The second kappa shape index (κ2) is 6.91. The molecule has 1 aliphatic carbocycles. The van der Waals surface area contributed by atoms with Crippen molar-refractivity contribution in [2.75, 3.05) is 13.1 Å². The van der Waals surface area contributed by atoms with Crippen LogP contribution in [0, 0.1) is 11.8 Å². The first kappa shape index (κ1) is 15.8. The van der Waals surface area contributed by atoms with Crippen molar-refractivity contribution in [2.45, 2.75) is 51.5 Å². The number of aliphatic carboxylic acids is 1. The molecular formula is C15H24N2O4. The van der Waals surface area contributed by atoms with Gasteiger partial charge in [-0.2, -0.15) is 0 Å². The zero-order chi connectivity index (χ0) is 15.4. The van der Waals surface area contributed by atoms with Gasteiger partial charge in [-0.25, -0.2) is 0 Å². The van der Waals surface area contributed by atoms with E-state index in [1.807, 2.05) is 11.8 Å². The third-order valence-corrected chi connectivity index (χ3v) is 4.29. The Bertz CT molecular complexity index is 420. The normalized spacial score (nSPS) is 23.5. The highest BCUT2D eigenvalue weighted by Crippen LogP contribution is 2.32. The third kappa shape index (κ3) is 4.44. The van der Waals surface area contributed by atoms with Crippen LogP contribution in [0.15, 0.2) is 0 Å². The number of hydrogen-bond donors (Lipinski definition) is 2. The van der Waals surface area contributed by atoms with Gasteiger partial charge in [0.15, 0.2) is 0 Å². The van der Waals surface area contributed by atoms with E-state index in [1.54, 1.807) is 0 Å². The Labute approximate surface area is 124 Å². The van der Waals surface area contributed by atoms with Crippen LogP contribution in [0.25, 0.3) is 0 Å². The Morgan fingerprint density at radius 3 is 2.52 bits per heavy atom. The van der Waals surface area contributed by atoms with Crippen LogP contribution in [0.1, 0.15) is 45.4 Å². The van der Waals surface area contributed by atoms with Gasteiger partial charge < -0.3 is 15.3 Å². The van der Waals surface area contributed by atoms with Crippen LogP contribution < -0.4 is 5.32 Å². The molecule has 0 aromatic heterocycles. The maximum absolute atomic E-state index is 12.3. The number of carboxylic acids is 1. The molecule has 1 aliphatic heterocycles. The number of carbonyl (C=O) groups is 3. The topological polar surface area (TPSA) is 86.7 Å². The minimum absolute atomic E-state index is 0.0559. The average Bonchev–Trinajstić information content (AvgIpc) is 3.30. The molecule has 118 valence electrons. The van der Waals surface area contributed by atoms with Crippen molar-refractivity contribution >= 4 is 17.8 Å². The molecule has 0 aromatic carbocycles. The minimum atomic E-state index is -0.906. The summed E-state index contributed by atoms with van der Waals surface area (Å²) in [6, 6.07) is -0.329. The summed E-state index contributed by atoms with van der Waals surface area (Å²) in [6.07, 6.45) is 4.09. The van der Waals surface area contributed by atoms with Crippen molar-refractivity contribution in [2.24, 2.45) is 11.8 Å². The predicted octanol–water partition coefficient (Wildman–Crippen LogP) is 1.00. The molecule has 0 bridgehead atoms. The number of piperidine rings is 1. The quantitative estimate of drug-likeness (QED) is 0.765. The number of nitrogens with one attached hydrogen (secondary N) is 1. The Hall–Kier alpha value is -1.59. The molecule has 2 amide bonds. The zero-order valence-electron chi connectivity index (χ0n) is 12.5. The first-order valence-corrected chi connectivity index (χ1v) is 7.82. The van der Waals surface area contributed by atoms with Gasteiger partial charge in [0.2, 0.25) is 11.8 Å². The lowest BCUT2D eigenvalue weighted by atomic mass is 9.96. The molecule has 2 aliphatic rings. The maximum Gasteiger partial charge on any atom is 0.305 e. The summed E-state index contributed by atoms with van der Waals surface area (Å²) in [6.45, 7) is 3.08. The van der Waals surface area contributed by atoms with Gasteiger partial charge in [0.25, 0.3) is 0 Å². The molecule has 2 rings (SSSR count). The van der Waals surface area contributed by atoms with Crippen LogP contribution in [0.2, 0.25) is 0 Å². The van der Waals surface area contributed by atoms with E-state index in [1.165, 1.54) is 0 Å². The SMILES string of the molecule is CCC(CC(=O)O)NC(=O)C1CCCN(C(=O)C2CC2)C1. The molecule has 0 spiro atoms. The van der Waals surface area contributed by atoms with Gasteiger partial charge in [-0.1, -0.05) is 6.92 Å². The van der Waals surface area contributed by atoms with Crippen LogP contribution in [-0.4, -0.2) is 46.9 Å². The zero-order valence-corrected chi connectivity index (χ0v) is 12.5. The van der Waals surface area contributed by atoms with Crippen molar-refractivity contribution in [3.63, 3.8) is 0 Å². The van der Waals surface area contributed by atoms with Crippen LogP contribution in [0.3, 0.4) is 0 Å². The van der Waals surface area contributed by atoms with E-state index in [0.29, 0.717) is 13.0 Å². The van der Waals surface area contributed by atoms with Crippen LogP contribution in [0.5, 0.6) is 0 Å². The molecule has 2 atom stereocenters. The van der Waals surface area contributed by atoms with Gasteiger partial charge in [-0.15, -0.1) is 0 Å². The van der Waals surface area contributed by atoms with E-state index in [4.69, 9.17) is 5.11 Å². The Morgan fingerprint density at radius 2 is 1.95 bits per heavy atom. The first-order chi connectivity index (χ1) is 10.0. The lowest BCUT2D eigenvalue weighted by Crippen LogP contribution is -2.48. The predicted molar refractivity (Wildman–Crippen MR) is 76.5 cm³/mol. The Balaban J connectivity index is 1.86. The monoisotopic (exact) mass is 296 g/mol. The average molecular weight is 296 g/mol. The minimum Gasteiger partial charge on any atom is -0.481 e. The van der Waals surface area contributed by atoms with E-state index < -0.39 is 5.97 Å². The molecular weight excluding hydrogens is 272 g/mol. The smallest absolute Gasteiger partial charge is 0.305 e. The highest BCUT2D eigenvalue weighted by molar-refractivity contribution is 5.84. The van der Waals surface area contributed by atoms with E-state index in [2.05, 4.69) is 5.32 Å². The summed E-state index contributed by atoms with van der Waals surface area (Å²) in [4.78, 5) is 36.9. The molecule has 0 aromatic rings. The van der Waals surface area contributed by atoms with Gasteiger partial charge in [-0.3, -0.25) is 14.4 Å². The third-order valence-electron chi connectivity index (χ3n) is 4.29. The van der Waals surface area contributed by atoms with Crippen molar-refractivity contribution in [3.8, 4) is 0 Å². The fraction of sp³-hybridized carbons (Fsp3) is 0.800. The molecule has 2 unspecified atom stereocenters. The van der Waals surface area contributed by atoms with Crippen LogP contribution in [0.4, 0.5) is 0 Å². The Kier molecular flexibility index (Phi) is 5.20. The first-order valence-electron chi connectivity index (χ1n) is 7.82. The number of nitrogens with zero attached hydrogens (tertiary/aromatic N) is 1. The largest absolute Gasteiger partial charge is 0.481 e. The van der Waals surface area contributed by atoms with Gasteiger partial charge >= 0.3 is 5.97 Å². The van der Waals surface area contributed by atoms with Gasteiger partial charge in [0, 0.05) is 25.0 Å². The van der Waals surface area contributed by atoms with E-state index in [0.717, 1.165) is 32.2 Å². The van der Waals surface area contributed by atoms with Crippen molar-refractivity contribution in [3.05, 3.63) is 0 Å². The second-order valence-electron chi connectivity index (χ2n) is 6.11. The van der Waals surface area contributed by atoms with Crippen molar-refractivity contribution in [1.29, 1.82) is 0 Å². The highest BCUT2D eigenvalue weighted by atomic mass is 16.4. The highest BCUT2D eigenvalue weighted by Gasteiger charge is 2.36. The number of hydrogen-bond acceptors (Lipinski definition) is 3. The van der Waals surface area contributed by atoms with Crippen LogP contribution in [-0.2, 0) is 14.4 Å². The summed E-state index contributed by atoms with van der Waals surface area (Å²) in [5, 5.41) is 11.6. The van der Waals surface area contributed by atoms with E-state index >= 15 is 0 Å². The second-order valence-corrected chi connectivity index (χ2v) is 6.11. The number of rotatable bonds is 6. The number of carbonyl (C=O) groups excluding carboxylic acids is 2. The lowest BCUT2D eigenvalue weighted by molar-refractivity contribution is -0.138. The fourth-order valence-electron chi connectivity index (χ4n) is 2.81. The van der Waals surface area contributed by atoms with Gasteiger partial charge in [0.1, 0.15) is 0 Å². The molecule has 1 saturated heterocycles. The fourth-order valence-corrected chi connectivity index (χ4v) is 2.81. The molecule has 1 saturated carbocycles. The molecule has 6 nitrogen and oxygen atoms in total. The molecule has 2 fully saturated rings. The number of amides is 2. The maximum atomic E-state index is 12.3. The standard InChI is InChI=1S/C15H24N2O4/c1-2-12(8-13(18)19)16-14(20)11-4-3-7-17(9-11)15(21)10-5-6-10/h10-12H,2-9H2,1H3,(H,16,20)(H,18,19). The number of likely N-dealkylation sites (tertiary alicyclic amines) is 1. The Morgan fingerprint density at radius 1 is 1.24 bits per heavy atom. The van der Waals surface area contributed by atoms with Gasteiger partial charge in [0.05, 0.1) is 12.3 Å². The molecule has 2 N–H and O–H groups in total. The van der Waals surface area contributed by atoms with Crippen molar-refractivity contribution in [1.82, 2.24) is 10.2 Å². The lowest BCUT2D eigenvalue weighted by Gasteiger charge is -2.33. The molecule has 0 radical (unpaired) electrons. The molecule has 21 heavy (non-hydrogen) atoms. The van der Waals surface area contributed by atoms with Crippen LogP contribution >= 0.6 is 0 Å². The summed E-state index contributed by atoms with van der Waals surface area (Å²) in [5.41, 5.74) is 0.